The fourth-order valence-electron chi connectivity index (χ4n) is 3.24. The number of anilines is 1. The molecule has 0 atom stereocenters. The molecule has 11 heteroatoms. The van der Waals surface area contributed by atoms with Crippen molar-refractivity contribution < 1.29 is 22.7 Å². The van der Waals surface area contributed by atoms with Crippen LogP contribution in [-0.2, 0) is 11.3 Å². The number of hydrogen-bond donors (Lipinski definition) is 2. The minimum atomic E-state index is -4.79. The van der Waals surface area contributed by atoms with Crippen molar-refractivity contribution >= 4 is 45.3 Å². The third-order valence-electron chi connectivity index (χ3n) is 4.59. The van der Waals surface area contributed by atoms with Crippen molar-refractivity contribution in [2.75, 3.05) is 11.1 Å². The van der Waals surface area contributed by atoms with Crippen molar-refractivity contribution in [2.24, 2.45) is 0 Å². The number of carbonyl (C=O) groups excluding carboxylic acids is 1. The molecule has 0 aliphatic rings. The molecule has 2 N–H and O–H groups in total. The quantitative estimate of drug-likeness (QED) is 0.230. The highest BCUT2D eigenvalue weighted by Gasteiger charge is 2.31. The molecule has 33 heavy (non-hydrogen) atoms. The number of amides is 1. The normalized spacial score (nSPS) is 11.6. The summed E-state index contributed by atoms with van der Waals surface area (Å²) in [5.74, 6) is -0.874. The van der Waals surface area contributed by atoms with Crippen LogP contribution in [0.15, 0.2) is 71.1 Å². The van der Waals surface area contributed by atoms with Crippen LogP contribution in [0.25, 0.3) is 21.9 Å². The Morgan fingerprint density at radius 1 is 1.21 bits per heavy atom. The van der Waals surface area contributed by atoms with Gasteiger partial charge in [0.05, 0.1) is 5.75 Å². The highest BCUT2D eigenvalue weighted by atomic mass is 32.2. The maximum Gasteiger partial charge on any atom is 0.573 e. The van der Waals surface area contributed by atoms with Crippen LogP contribution in [0.3, 0.4) is 0 Å². The van der Waals surface area contributed by atoms with Crippen molar-refractivity contribution in [3.05, 3.63) is 71.5 Å². The van der Waals surface area contributed by atoms with Gasteiger partial charge >= 0.3 is 6.36 Å². The van der Waals surface area contributed by atoms with Gasteiger partial charge in [0.1, 0.15) is 16.8 Å². The fourth-order valence-corrected chi connectivity index (χ4v) is 4.04. The summed E-state index contributed by atoms with van der Waals surface area (Å²) >= 11 is 1.07. The van der Waals surface area contributed by atoms with E-state index in [4.69, 9.17) is 0 Å². The van der Waals surface area contributed by atoms with Crippen molar-refractivity contribution in [1.29, 1.82) is 0 Å². The lowest BCUT2D eigenvalue weighted by atomic mass is 10.2. The molecule has 0 bridgehead atoms. The van der Waals surface area contributed by atoms with E-state index in [-0.39, 0.29) is 23.6 Å². The number of allylic oxidation sites excluding steroid dienone is 1. The van der Waals surface area contributed by atoms with Crippen molar-refractivity contribution in [3.63, 3.8) is 0 Å². The Balaban J connectivity index is 1.53. The van der Waals surface area contributed by atoms with Gasteiger partial charge in [-0.1, -0.05) is 36.0 Å². The van der Waals surface area contributed by atoms with Crippen LogP contribution in [0.5, 0.6) is 5.75 Å². The van der Waals surface area contributed by atoms with E-state index in [0.29, 0.717) is 21.9 Å². The van der Waals surface area contributed by atoms with E-state index in [0.717, 1.165) is 34.8 Å². The molecular formula is C22H17F3N4O3S. The van der Waals surface area contributed by atoms with Crippen LogP contribution < -0.4 is 15.6 Å². The number of aromatic nitrogens is 3. The van der Waals surface area contributed by atoms with Gasteiger partial charge in [0.15, 0.2) is 5.16 Å². The second-order valence-electron chi connectivity index (χ2n) is 6.90. The number of rotatable bonds is 7. The number of thioether (sulfide) groups is 1. The van der Waals surface area contributed by atoms with Crippen LogP contribution in [0.1, 0.15) is 0 Å². The number of carbonyl (C=O) groups is 1. The SMILES string of the molecule is C=CCn1c(SCC(=O)Nc2ccc(OC(F)(F)F)cc2)nc2c([nH]c3ccccc32)c1=O. The zero-order chi connectivity index (χ0) is 23.6. The molecule has 170 valence electrons. The van der Waals surface area contributed by atoms with E-state index in [1.54, 1.807) is 6.08 Å². The van der Waals surface area contributed by atoms with Gasteiger partial charge in [-0.15, -0.1) is 19.8 Å². The van der Waals surface area contributed by atoms with Crippen LogP contribution in [0, 0.1) is 0 Å². The van der Waals surface area contributed by atoms with Crippen LogP contribution >= 0.6 is 11.8 Å². The van der Waals surface area contributed by atoms with Gasteiger partial charge < -0.3 is 15.0 Å². The predicted molar refractivity (Wildman–Crippen MR) is 121 cm³/mol. The molecule has 2 heterocycles. The molecule has 0 radical (unpaired) electrons. The first kappa shape index (κ1) is 22.5. The van der Waals surface area contributed by atoms with Crippen molar-refractivity contribution in [2.45, 2.75) is 18.1 Å². The number of nitrogens with one attached hydrogen (secondary N) is 2. The molecule has 0 aliphatic carbocycles. The Morgan fingerprint density at radius 3 is 2.64 bits per heavy atom. The van der Waals surface area contributed by atoms with Crippen molar-refractivity contribution in [3.8, 4) is 5.75 Å². The molecule has 0 unspecified atom stereocenters. The average molecular weight is 474 g/mol. The summed E-state index contributed by atoms with van der Waals surface area (Å²) in [5, 5.41) is 3.73. The van der Waals surface area contributed by atoms with E-state index in [9.17, 15) is 22.8 Å². The van der Waals surface area contributed by atoms with E-state index in [1.807, 2.05) is 24.3 Å². The molecule has 0 fully saturated rings. The second-order valence-corrected chi connectivity index (χ2v) is 7.84. The minimum absolute atomic E-state index is 0.0712. The topological polar surface area (TPSA) is 89.0 Å². The maximum atomic E-state index is 13.0. The minimum Gasteiger partial charge on any atom is -0.406 e. The predicted octanol–water partition coefficient (Wildman–Crippen LogP) is 4.69. The van der Waals surface area contributed by atoms with Crippen LogP contribution in [0.4, 0.5) is 18.9 Å². The number of H-pyrrole nitrogens is 1. The van der Waals surface area contributed by atoms with Gasteiger partial charge in [-0.3, -0.25) is 14.2 Å². The Kier molecular flexibility index (Phi) is 6.14. The van der Waals surface area contributed by atoms with Gasteiger partial charge in [0.2, 0.25) is 5.91 Å². The van der Waals surface area contributed by atoms with E-state index in [2.05, 4.69) is 26.6 Å². The summed E-state index contributed by atoms with van der Waals surface area (Å²) < 4.78 is 42.0. The largest absolute Gasteiger partial charge is 0.573 e. The molecule has 0 saturated carbocycles. The zero-order valence-corrected chi connectivity index (χ0v) is 17.8. The molecule has 0 saturated heterocycles. The van der Waals surface area contributed by atoms with Gasteiger partial charge in [-0.2, -0.15) is 0 Å². The summed E-state index contributed by atoms with van der Waals surface area (Å²) in [6, 6.07) is 12.2. The maximum absolute atomic E-state index is 13.0. The van der Waals surface area contributed by atoms with Crippen LogP contribution in [0.2, 0.25) is 0 Å². The molecule has 7 nitrogen and oxygen atoms in total. The highest BCUT2D eigenvalue weighted by Crippen LogP contribution is 2.26. The lowest BCUT2D eigenvalue weighted by molar-refractivity contribution is -0.274. The third kappa shape index (κ3) is 5.03. The first-order chi connectivity index (χ1) is 15.7. The number of ether oxygens (including phenoxy) is 1. The summed E-state index contributed by atoms with van der Waals surface area (Å²) in [7, 11) is 0. The second kappa shape index (κ2) is 9.02. The zero-order valence-electron chi connectivity index (χ0n) is 17.0. The fraction of sp³-hybridized carbons (Fsp3) is 0.136. The number of fused-ring (bicyclic) bond motifs is 3. The molecule has 2 aromatic heterocycles. The number of nitrogens with zero attached hydrogens (tertiary/aromatic N) is 2. The van der Waals surface area contributed by atoms with Gasteiger partial charge in [0, 0.05) is 23.1 Å². The summed E-state index contributed by atoms with van der Waals surface area (Å²) in [6.45, 7) is 3.88. The number of para-hydroxylation sites is 1. The molecule has 0 spiro atoms. The summed E-state index contributed by atoms with van der Waals surface area (Å²) in [6.07, 6.45) is -3.23. The Hall–Kier alpha value is -3.73. The number of aromatic amines is 1. The first-order valence-corrected chi connectivity index (χ1v) is 10.6. The number of halogens is 3. The Morgan fingerprint density at radius 2 is 1.94 bits per heavy atom. The molecule has 0 aliphatic heterocycles. The van der Waals surface area contributed by atoms with Crippen molar-refractivity contribution in [1.82, 2.24) is 14.5 Å². The Bertz CT molecular complexity index is 1390. The number of alkyl halides is 3. The molecule has 4 rings (SSSR count). The monoisotopic (exact) mass is 474 g/mol. The first-order valence-electron chi connectivity index (χ1n) is 9.66. The molecule has 4 aromatic rings. The molecular weight excluding hydrogens is 457 g/mol. The lowest BCUT2D eigenvalue weighted by Crippen LogP contribution is -2.23. The Labute approximate surface area is 189 Å². The summed E-state index contributed by atoms with van der Waals surface area (Å²) in [5.41, 5.74) is 1.69. The third-order valence-corrected chi connectivity index (χ3v) is 5.57. The van der Waals surface area contributed by atoms with Crippen LogP contribution in [-0.4, -0.2) is 32.6 Å². The van der Waals surface area contributed by atoms with Gasteiger partial charge in [0.25, 0.3) is 5.56 Å². The summed E-state index contributed by atoms with van der Waals surface area (Å²) in [4.78, 5) is 33.1. The van der Waals surface area contributed by atoms with Gasteiger partial charge in [-0.05, 0) is 30.3 Å². The number of hydrogen-bond acceptors (Lipinski definition) is 5. The standard InChI is InChI=1S/C22H17F3N4O3S/c1-2-11-29-20(31)19-18(15-5-3-4-6-16(15)27-19)28-21(29)33-12-17(30)26-13-7-9-14(10-8-13)32-22(23,24)25/h2-10,27H,1,11-12H2,(H,26,30). The smallest absolute Gasteiger partial charge is 0.406 e. The number of benzene rings is 2. The molecule has 1 amide bonds. The van der Waals surface area contributed by atoms with E-state index >= 15 is 0 Å². The van der Waals surface area contributed by atoms with E-state index < -0.39 is 12.3 Å². The van der Waals surface area contributed by atoms with E-state index in [1.165, 1.54) is 16.7 Å². The average Bonchev–Trinajstić information content (AvgIpc) is 3.14. The highest BCUT2D eigenvalue weighted by molar-refractivity contribution is 7.99. The lowest BCUT2D eigenvalue weighted by Gasteiger charge is -2.11. The molecule has 2 aromatic carbocycles. The van der Waals surface area contributed by atoms with Gasteiger partial charge in [-0.25, -0.2) is 4.98 Å².